The lowest BCUT2D eigenvalue weighted by Crippen LogP contribution is -2.44. The molecule has 2 aromatic heterocycles. The van der Waals surface area contributed by atoms with Crippen LogP contribution in [0.2, 0.25) is 0 Å². The first-order valence-corrected chi connectivity index (χ1v) is 12.1. The first-order chi connectivity index (χ1) is 15.6. The number of carbonyl (C=O) groups excluding carboxylic acids is 1. The normalized spacial score (nSPS) is 22.2. The Morgan fingerprint density at radius 2 is 1.97 bits per heavy atom. The highest BCUT2D eigenvalue weighted by atomic mass is 32.1. The number of thiophene rings is 1. The molecule has 1 aliphatic carbocycles. The number of carbonyl (C=O) groups is 1. The number of rotatable bonds is 2. The van der Waals surface area contributed by atoms with E-state index in [2.05, 4.69) is 51.3 Å². The van der Waals surface area contributed by atoms with Crippen molar-refractivity contribution in [1.82, 2.24) is 25.0 Å². The smallest absolute Gasteiger partial charge is 0.226 e. The van der Waals surface area contributed by atoms with Crippen LogP contribution in [0.4, 0.5) is 0 Å². The first kappa shape index (κ1) is 20.1. The van der Waals surface area contributed by atoms with E-state index < -0.39 is 0 Å². The maximum absolute atomic E-state index is 13.3. The molecule has 7 nitrogen and oxygen atoms in total. The summed E-state index contributed by atoms with van der Waals surface area (Å²) in [5, 5.41) is 13.8. The monoisotopic (exact) mass is 449 g/mol. The van der Waals surface area contributed by atoms with Crippen molar-refractivity contribution in [2.24, 2.45) is 5.92 Å². The summed E-state index contributed by atoms with van der Waals surface area (Å²) >= 11 is 1.82. The molecular formula is C24H27N5O2S. The van der Waals surface area contributed by atoms with Gasteiger partial charge in [-0.3, -0.25) is 14.7 Å². The molecule has 1 fully saturated rings. The highest BCUT2D eigenvalue weighted by Gasteiger charge is 2.39. The number of nitrogens with zero attached hydrogens (tertiary/aromatic N) is 4. The second-order valence-corrected chi connectivity index (χ2v) is 10.0. The van der Waals surface area contributed by atoms with E-state index in [9.17, 15) is 4.79 Å². The number of fused-ring (bicyclic) bond motifs is 5. The molecular weight excluding hydrogens is 422 g/mol. The molecule has 2 atom stereocenters. The van der Waals surface area contributed by atoms with Crippen molar-refractivity contribution in [2.75, 3.05) is 26.3 Å². The van der Waals surface area contributed by atoms with Gasteiger partial charge in [0.1, 0.15) is 10.8 Å². The second-order valence-electron chi connectivity index (χ2n) is 8.93. The first-order valence-electron chi connectivity index (χ1n) is 11.3. The summed E-state index contributed by atoms with van der Waals surface area (Å²) in [6.45, 7) is 7.55. The summed E-state index contributed by atoms with van der Waals surface area (Å²) in [4.78, 5) is 16.6. The van der Waals surface area contributed by atoms with Crippen LogP contribution in [0, 0.1) is 19.8 Å². The summed E-state index contributed by atoms with van der Waals surface area (Å²) in [7, 11) is 0. The Hall–Kier alpha value is -2.55. The molecule has 0 saturated carbocycles. The fourth-order valence-corrected chi connectivity index (χ4v) is 6.89. The Morgan fingerprint density at radius 3 is 2.78 bits per heavy atom. The van der Waals surface area contributed by atoms with Crippen molar-refractivity contribution in [1.29, 1.82) is 0 Å². The van der Waals surface area contributed by atoms with E-state index in [1.165, 1.54) is 32.1 Å². The average Bonchev–Trinajstić information content (AvgIpc) is 3.45. The Balaban J connectivity index is 1.43. The van der Waals surface area contributed by atoms with E-state index in [0.717, 1.165) is 24.5 Å². The molecule has 4 heterocycles. The molecule has 1 saturated heterocycles. The molecule has 0 bridgehead atoms. The molecule has 166 valence electrons. The third-order valence-corrected chi connectivity index (χ3v) is 8.27. The van der Waals surface area contributed by atoms with Crippen LogP contribution in [-0.2, 0) is 28.9 Å². The van der Waals surface area contributed by atoms with Crippen molar-refractivity contribution >= 4 is 17.2 Å². The number of ether oxygens (including phenoxy) is 1. The fourth-order valence-electron chi connectivity index (χ4n) is 5.38. The van der Waals surface area contributed by atoms with E-state index in [-0.39, 0.29) is 17.9 Å². The van der Waals surface area contributed by atoms with Gasteiger partial charge >= 0.3 is 0 Å². The number of hydrogen-bond acceptors (Lipinski definition) is 6. The van der Waals surface area contributed by atoms with Gasteiger partial charge in [-0.05, 0) is 43.4 Å². The fraction of sp³-hybridized carbons (Fsp3) is 0.458. The van der Waals surface area contributed by atoms with E-state index in [4.69, 9.17) is 4.74 Å². The van der Waals surface area contributed by atoms with E-state index >= 15 is 0 Å². The Morgan fingerprint density at radius 1 is 1.16 bits per heavy atom. The molecule has 3 aliphatic rings. The van der Waals surface area contributed by atoms with Crippen molar-refractivity contribution in [3.05, 3.63) is 63.0 Å². The Bertz CT molecular complexity index is 1190. The van der Waals surface area contributed by atoms with Gasteiger partial charge in [0.25, 0.3) is 0 Å². The number of amides is 1. The molecule has 1 amide bonds. The lowest BCUT2D eigenvalue weighted by molar-refractivity contribution is -0.139. The minimum absolute atomic E-state index is 0.0295. The van der Waals surface area contributed by atoms with Gasteiger partial charge in [-0.15, -0.1) is 21.5 Å². The number of hydrogen-bond donors (Lipinski definition) is 1. The summed E-state index contributed by atoms with van der Waals surface area (Å²) in [6.07, 6.45) is 1.62. The highest BCUT2D eigenvalue weighted by Crippen LogP contribution is 2.46. The number of morpholine rings is 1. The Labute approximate surface area is 191 Å². The maximum Gasteiger partial charge on any atom is 0.226 e. The molecule has 0 radical (unpaired) electrons. The van der Waals surface area contributed by atoms with Crippen LogP contribution in [0.1, 0.15) is 44.8 Å². The third-order valence-electron chi connectivity index (χ3n) is 7.01. The van der Waals surface area contributed by atoms with Crippen LogP contribution < -0.4 is 5.32 Å². The summed E-state index contributed by atoms with van der Waals surface area (Å²) in [5.74, 6) is 2.16. The van der Waals surface area contributed by atoms with Crippen LogP contribution >= 0.6 is 11.3 Å². The number of benzene rings is 1. The zero-order chi connectivity index (χ0) is 21.8. The minimum Gasteiger partial charge on any atom is -0.378 e. The van der Waals surface area contributed by atoms with E-state index in [0.29, 0.717) is 32.8 Å². The second kappa shape index (κ2) is 7.79. The molecule has 2 aliphatic heterocycles. The lowest BCUT2D eigenvalue weighted by atomic mass is 9.92. The topological polar surface area (TPSA) is 72.3 Å². The van der Waals surface area contributed by atoms with Gasteiger partial charge < -0.3 is 9.64 Å². The van der Waals surface area contributed by atoms with Gasteiger partial charge in [0.05, 0.1) is 25.8 Å². The van der Waals surface area contributed by atoms with E-state index in [1.54, 1.807) is 0 Å². The summed E-state index contributed by atoms with van der Waals surface area (Å²) in [5.41, 5.74) is 5.20. The third kappa shape index (κ3) is 3.12. The summed E-state index contributed by atoms with van der Waals surface area (Å²) < 4.78 is 7.65. The quantitative estimate of drug-likeness (QED) is 0.651. The number of aromatic nitrogens is 3. The highest BCUT2D eigenvalue weighted by molar-refractivity contribution is 7.15. The van der Waals surface area contributed by atoms with Gasteiger partial charge in [0.15, 0.2) is 5.82 Å². The van der Waals surface area contributed by atoms with Gasteiger partial charge in [-0.1, -0.05) is 24.3 Å². The minimum atomic E-state index is 0.0295. The molecule has 1 aromatic carbocycles. The van der Waals surface area contributed by atoms with Crippen molar-refractivity contribution < 1.29 is 9.53 Å². The Kier molecular flexibility index (Phi) is 4.89. The SMILES string of the molecule is Cc1ccccc1C1NCc2nnc(C)n2-c2sc3c(c21)CC(C(=O)N1CCOCC1)C3. The maximum atomic E-state index is 13.3. The molecule has 32 heavy (non-hydrogen) atoms. The standard InChI is InChI=1S/C24H27N5O2S/c1-14-5-3-4-6-17(14)22-21-18-11-16(23(30)28-7-9-31-10-8-28)12-19(18)32-24(21)29-15(2)26-27-20(29)13-25-22/h3-6,16,22,25H,7-13H2,1-2H3. The molecule has 6 rings (SSSR count). The molecule has 3 aromatic rings. The van der Waals surface area contributed by atoms with Gasteiger partial charge in [-0.2, -0.15) is 0 Å². The predicted octanol–water partition coefficient (Wildman–Crippen LogP) is 2.71. The van der Waals surface area contributed by atoms with Crippen LogP contribution in [0.15, 0.2) is 24.3 Å². The lowest BCUT2D eigenvalue weighted by Gasteiger charge is -2.29. The number of nitrogens with one attached hydrogen (secondary N) is 1. The zero-order valence-electron chi connectivity index (χ0n) is 18.4. The van der Waals surface area contributed by atoms with Crippen LogP contribution in [-0.4, -0.2) is 51.9 Å². The van der Waals surface area contributed by atoms with Crippen LogP contribution in [0.25, 0.3) is 5.00 Å². The molecule has 8 heteroatoms. The summed E-state index contributed by atoms with van der Waals surface area (Å²) in [6, 6.07) is 8.65. The predicted molar refractivity (Wildman–Crippen MR) is 122 cm³/mol. The van der Waals surface area contributed by atoms with Crippen LogP contribution in [0.3, 0.4) is 0 Å². The number of aryl methyl sites for hydroxylation is 2. The largest absolute Gasteiger partial charge is 0.378 e. The van der Waals surface area contributed by atoms with Gasteiger partial charge in [0.2, 0.25) is 5.91 Å². The van der Waals surface area contributed by atoms with Crippen molar-refractivity contribution in [3.8, 4) is 5.00 Å². The van der Waals surface area contributed by atoms with Crippen LogP contribution in [0.5, 0.6) is 0 Å². The van der Waals surface area contributed by atoms with Crippen molar-refractivity contribution in [3.63, 3.8) is 0 Å². The molecule has 0 spiro atoms. The van der Waals surface area contributed by atoms with Gasteiger partial charge in [-0.25, -0.2) is 0 Å². The zero-order valence-corrected chi connectivity index (χ0v) is 19.2. The molecule has 1 N–H and O–H groups in total. The average molecular weight is 450 g/mol. The molecule has 2 unspecified atom stereocenters. The van der Waals surface area contributed by atoms with E-state index in [1.807, 2.05) is 23.2 Å². The van der Waals surface area contributed by atoms with Gasteiger partial charge in [0, 0.05) is 29.4 Å². The van der Waals surface area contributed by atoms with Crippen molar-refractivity contribution in [2.45, 2.75) is 39.3 Å².